The number of unbranched alkanes of at least 4 members (excludes halogenated alkanes) is 3. The van der Waals surface area contributed by atoms with Gasteiger partial charge in [-0.1, -0.05) is 37.1 Å². The summed E-state index contributed by atoms with van der Waals surface area (Å²) in [6.07, 6.45) is 2.20. The van der Waals surface area contributed by atoms with Gasteiger partial charge in [-0.15, -0.1) is 0 Å². The van der Waals surface area contributed by atoms with E-state index in [2.05, 4.69) is 131 Å². The third kappa shape index (κ3) is 11.4. The Balaban J connectivity index is 0.832. The normalized spacial score (nSPS) is 20.5. The fourth-order valence-corrected chi connectivity index (χ4v) is 12.2. The zero-order chi connectivity index (χ0) is 56.9. The minimum Gasteiger partial charge on any atom is -0.756 e. The molecular formula is C57H73N10O11P. The lowest BCUT2D eigenvalue weighted by Gasteiger charge is -2.43. The maximum Gasteiger partial charge on any atom is 0.280 e. The molecule has 422 valence electrons. The number of aliphatic hydroxyl groups is 2. The standard InChI is InChI=1S/C57H73N10O11P/c1-10-65-40-27-42-38(25-36(40)32(3)29-56(65,5)6)46(39-26-37-33(4)30-57(7,8)66(11-2)41(37)28-43(39)77-42)34-19-14-15-20-35(34)52(72)64(9)24-18-21-45(68)59-22-16-12-13-17-23-60-55-61-47-50(62-54(58)63-51(47)71)67(55)53-49(70)48(69)44(78-53)31-76-79(73,74)75/h14-15,19-20,25-30,44,48-49,53,69-70H,10-13,16-18,21-24,31H2,1-9H3,(H6,58,59,63,68,71,72,73,74,75)/t44-,48-,49-,53-/m1/s1. The number of imidazole rings is 1. The number of H-pyrrole nitrogens is 1. The zero-order valence-corrected chi connectivity index (χ0v) is 47.3. The number of carbonyl (C=O) groups is 2. The molecule has 5 aromatic rings. The van der Waals surface area contributed by atoms with Gasteiger partial charge < -0.3 is 60.2 Å². The summed E-state index contributed by atoms with van der Waals surface area (Å²) in [5.41, 5.74) is 13.5. The number of benzene rings is 3. The molecule has 1 unspecified atom stereocenters. The number of phosphoric ester groups is 1. The maximum absolute atomic E-state index is 14.7. The van der Waals surface area contributed by atoms with E-state index in [0.717, 1.165) is 81.5 Å². The number of likely N-dealkylation sites (N-methyl/N-ethyl adjacent to an activating group) is 2. The van der Waals surface area contributed by atoms with Gasteiger partial charge in [0.25, 0.3) is 19.3 Å². The van der Waals surface area contributed by atoms with Gasteiger partial charge in [0.05, 0.1) is 18.2 Å². The van der Waals surface area contributed by atoms with Gasteiger partial charge in [0.2, 0.25) is 23.2 Å². The minimum atomic E-state index is -5.16. The van der Waals surface area contributed by atoms with Gasteiger partial charge in [-0.3, -0.25) is 28.5 Å². The number of ether oxygens (including phenoxy) is 2. The molecule has 0 spiro atoms. The molecule has 0 radical (unpaired) electrons. The maximum atomic E-state index is 14.7. The second-order valence-electron chi connectivity index (χ2n) is 22.0. The van der Waals surface area contributed by atoms with Crippen LogP contribution in [-0.2, 0) is 18.6 Å². The molecule has 3 aromatic carbocycles. The first kappa shape index (κ1) is 57.0. The molecular weight excluding hydrogens is 1030 g/mol. The van der Waals surface area contributed by atoms with E-state index in [1.807, 2.05) is 24.3 Å². The van der Waals surface area contributed by atoms with Crippen molar-refractivity contribution in [2.24, 2.45) is 0 Å². The summed E-state index contributed by atoms with van der Waals surface area (Å²) in [5, 5.41) is 29.7. The lowest BCUT2D eigenvalue weighted by molar-refractivity contribution is -0.222. The Bertz CT molecular complexity index is 3530. The number of anilines is 3. The quantitative estimate of drug-likeness (QED) is 0.0314. The molecule has 2 aromatic heterocycles. The minimum absolute atomic E-state index is 0.0572. The highest BCUT2D eigenvalue weighted by Crippen LogP contribution is 2.47. The third-order valence-electron chi connectivity index (χ3n) is 15.5. The Morgan fingerprint density at radius 1 is 0.937 bits per heavy atom. The number of aromatic nitrogens is 4. The molecule has 4 aliphatic heterocycles. The van der Waals surface area contributed by atoms with E-state index < -0.39 is 44.5 Å². The first-order valence-corrected chi connectivity index (χ1v) is 28.6. The summed E-state index contributed by atoms with van der Waals surface area (Å²) >= 11 is 0. The summed E-state index contributed by atoms with van der Waals surface area (Å²) < 4.78 is 32.0. The van der Waals surface area contributed by atoms with Crippen molar-refractivity contribution in [3.8, 4) is 11.5 Å². The number of rotatable bonds is 20. The molecule has 0 aliphatic carbocycles. The Morgan fingerprint density at radius 2 is 1.66 bits per heavy atom. The molecule has 79 heavy (non-hydrogen) atoms. The highest BCUT2D eigenvalue weighted by atomic mass is 31.2. The molecule has 22 heteroatoms. The van der Waals surface area contributed by atoms with Crippen LogP contribution in [0.4, 0.5) is 17.6 Å². The number of hydrogen-bond donors (Lipinski definition) is 7. The first-order chi connectivity index (χ1) is 37.4. The molecule has 8 N–H and O–H groups in total. The second-order valence-corrected chi connectivity index (χ2v) is 23.2. The van der Waals surface area contributed by atoms with E-state index >= 15 is 0 Å². The average molecular weight is 1110 g/mol. The molecule has 1 saturated heterocycles. The van der Waals surface area contributed by atoms with E-state index in [9.17, 15) is 34.1 Å². The van der Waals surface area contributed by atoms with E-state index in [-0.39, 0.29) is 52.4 Å². The van der Waals surface area contributed by atoms with Gasteiger partial charge in [0.15, 0.2) is 22.9 Å². The van der Waals surface area contributed by atoms with Crippen molar-refractivity contribution < 1.29 is 48.2 Å². The average Bonchev–Trinajstić information content (AvgIpc) is 4.03. The summed E-state index contributed by atoms with van der Waals surface area (Å²) in [6.45, 7) is 19.6. The lowest BCUT2D eigenvalue weighted by atomic mass is 9.83. The van der Waals surface area contributed by atoms with E-state index in [4.69, 9.17) is 20.1 Å². The van der Waals surface area contributed by atoms with Crippen molar-refractivity contribution in [2.45, 2.75) is 130 Å². The molecule has 4 aliphatic rings. The van der Waals surface area contributed by atoms with E-state index in [1.54, 1.807) is 11.9 Å². The number of hydrogen-bond acceptors (Lipinski definition) is 15. The topological polar surface area (TPSA) is 286 Å². The SMILES string of the molecule is CCN1c2cc3c(cc2C(C)=CC1(C)C)C(c1ccccc1C(=O)N(C)CCCC(=O)NCCCCCCNc1nc2c(=O)[nH]c(N)nc2n1[C@@H]1O[C@H](COP(=O)([O-])O)[C@@H](O)[C@H]1O)=c1cc2c(cc1O3)=[N+](CC)C(C)(C)C=C2C. The van der Waals surface area contributed by atoms with Gasteiger partial charge in [0.1, 0.15) is 36.4 Å². The van der Waals surface area contributed by atoms with Crippen LogP contribution in [0.3, 0.4) is 0 Å². The van der Waals surface area contributed by atoms with Gasteiger partial charge in [-0.25, -0.2) is 9.56 Å². The molecule has 21 nitrogen and oxygen atoms in total. The van der Waals surface area contributed by atoms with Gasteiger partial charge >= 0.3 is 0 Å². The monoisotopic (exact) mass is 1100 g/mol. The number of fused-ring (bicyclic) bond motifs is 5. The number of allylic oxidation sites excluding steroid dienone is 2. The number of phosphoric acid groups is 1. The molecule has 5 atom stereocenters. The van der Waals surface area contributed by atoms with Crippen LogP contribution in [-0.4, -0.2) is 127 Å². The van der Waals surface area contributed by atoms with Crippen molar-refractivity contribution >= 4 is 65.1 Å². The van der Waals surface area contributed by atoms with Crippen LogP contribution in [0.25, 0.3) is 27.9 Å². The highest BCUT2D eigenvalue weighted by Gasteiger charge is 2.46. The number of nitrogen functional groups attached to an aromatic ring is 1. The smallest absolute Gasteiger partial charge is 0.280 e. The third-order valence-corrected chi connectivity index (χ3v) is 16.0. The summed E-state index contributed by atoms with van der Waals surface area (Å²) in [6, 6.07) is 16.6. The Morgan fingerprint density at radius 3 is 2.38 bits per heavy atom. The van der Waals surface area contributed by atoms with Crippen molar-refractivity contribution in [3.63, 3.8) is 0 Å². The number of aromatic amines is 1. The molecule has 1 fully saturated rings. The number of carbonyl (C=O) groups excluding carboxylic acids is 2. The molecule has 9 rings (SSSR count). The van der Waals surface area contributed by atoms with Gasteiger partial charge in [0, 0.05) is 98.3 Å². The Labute approximate surface area is 458 Å². The fourth-order valence-electron chi connectivity index (χ4n) is 11.9. The van der Waals surface area contributed by atoms with Crippen LogP contribution in [0.15, 0.2) is 65.5 Å². The summed E-state index contributed by atoms with van der Waals surface area (Å²) in [7, 11) is -3.38. The fraction of sp³-hybridized carbons (Fsp3) is 0.474. The van der Waals surface area contributed by atoms with Gasteiger partial charge in [-0.2, -0.15) is 4.98 Å². The molecule has 6 heterocycles. The highest BCUT2D eigenvalue weighted by molar-refractivity contribution is 7.44. The predicted molar refractivity (Wildman–Crippen MR) is 301 cm³/mol. The predicted octanol–water partition coefficient (Wildman–Crippen LogP) is 4.52. The van der Waals surface area contributed by atoms with E-state index in [1.165, 1.54) is 15.7 Å². The lowest BCUT2D eigenvalue weighted by Crippen LogP contribution is -2.49. The number of nitrogens with one attached hydrogen (secondary N) is 3. The summed E-state index contributed by atoms with van der Waals surface area (Å²) in [4.78, 5) is 75.7. The zero-order valence-electron chi connectivity index (χ0n) is 46.4. The van der Waals surface area contributed by atoms with Crippen LogP contribution in [0, 0.1) is 0 Å². The van der Waals surface area contributed by atoms with Crippen LogP contribution < -0.4 is 51.6 Å². The molecule has 0 saturated carbocycles. The van der Waals surface area contributed by atoms with Crippen molar-refractivity contribution in [1.29, 1.82) is 0 Å². The second kappa shape index (κ2) is 22.4. The molecule has 2 amide bonds. The van der Waals surface area contributed by atoms with Crippen LogP contribution >= 0.6 is 7.82 Å². The first-order valence-electron chi connectivity index (χ1n) is 27.1. The summed E-state index contributed by atoms with van der Waals surface area (Å²) in [5.74, 6) is 1.05. The van der Waals surface area contributed by atoms with Crippen molar-refractivity contribution in [1.82, 2.24) is 34.3 Å². The number of aliphatic hydroxyl groups excluding tert-OH is 2. The molecule has 0 bridgehead atoms. The largest absolute Gasteiger partial charge is 0.756 e. The van der Waals surface area contributed by atoms with Gasteiger partial charge in [-0.05, 0) is 102 Å². The van der Waals surface area contributed by atoms with Crippen molar-refractivity contribution in [3.05, 3.63) is 109 Å². The van der Waals surface area contributed by atoms with Crippen LogP contribution in [0.1, 0.15) is 133 Å². The van der Waals surface area contributed by atoms with Crippen molar-refractivity contribution in [2.75, 3.05) is 62.3 Å². The Hall–Kier alpha value is -6.71. The van der Waals surface area contributed by atoms with Crippen LogP contribution in [0.5, 0.6) is 11.5 Å². The van der Waals surface area contributed by atoms with E-state index in [0.29, 0.717) is 44.5 Å². The number of amides is 2. The Kier molecular flexibility index (Phi) is 16.2. The number of nitrogens with two attached hydrogens (primary N) is 1. The number of nitrogens with zero attached hydrogens (tertiary/aromatic N) is 6. The van der Waals surface area contributed by atoms with Crippen LogP contribution in [0.2, 0.25) is 0 Å².